The van der Waals surface area contributed by atoms with Gasteiger partial charge in [0.05, 0.1) is 6.26 Å². The molecule has 0 radical (unpaired) electrons. The zero-order valence-corrected chi connectivity index (χ0v) is 12.9. The maximum absolute atomic E-state index is 11.6. The number of hydrogen-bond acceptors (Lipinski definition) is 2. The number of sulfonamides is 1. The van der Waals surface area contributed by atoms with E-state index in [-0.39, 0.29) is 0 Å². The molecule has 1 saturated carbocycles. The molecule has 0 aromatic heterocycles. The van der Waals surface area contributed by atoms with Crippen molar-refractivity contribution in [2.75, 3.05) is 19.3 Å². The molecule has 0 spiro atoms. The van der Waals surface area contributed by atoms with Crippen LogP contribution < -0.4 is 0 Å². The van der Waals surface area contributed by atoms with Gasteiger partial charge in [-0.05, 0) is 49.9 Å². The largest absolute Gasteiger partial charge is 0.213 e. The number of alkyl halides is 1. The average Bonchev–Trinajstić information content (AvgIpc) is 2.60. The lowest BCUT2D eigenvalue weighted by molar-refractivity contribution is 0.216. The minimum atomic E-state index is -3.01. The molecule has 0 aromatic rings. The second-order valence-corrected chi connectivity index (χ2v) is 8.62. The Morgan fingerprint density at radius 2 is 2.00 bits per heavy atom. The van der Waals surface area contributed by atoms with Gasteiger partial charge in [-0.15, -0.1) is 11.6 Å². The summed E-state index contributed by atoms with van der Waals surface area (Å²) in [6.45, 7) is 3.66. The van der Waals surface area contributed by atoms with E-state index in [1.165, 1.54) is 19.1 Å². The first kappa shape index (κ1) is 14.6. The normalized spacial score (nSPS) is 39.1. The molecule has 1 heterocycles. The summed E-state index contributed by atoms with van der Waals surface area (Å²) < 4.78 is 24.8. The Morgan fingerprint density at radius 1 is 1.28 bits per heavy atom. The Bertz CT molecular complexity index is 384. The average molecular weight is 294 g/mol. The van der Waals surface area contributed by atoms with Gasteiger partial charge < -0.3 is 0 Å². The van der Waals surface area contributed by atoms with Crippen LogP contribution in [0, 0.1) is 17.8 Å². The summed E-state index contributed by atoms with van der Waals surface area (Å²) in [5, 5.41) is 0.324. The van der Waals surface area contributed by atoms with Crippen molar-refractivity contribution in [2.45, 2.75) is 44.4 Å². The molecule has 1 aliphatic heterocycles. The van der Waals surface area contributed by atoms with Crippen LogP contribution in [0.5, 0.6) is 0 Å². The van der Waals surface area contributed by atoms with Crippen LogP contribution in [0.3, 0.4) is 0 Å². The van der Waals surface area contributed by atoms with E-state index in [9.17, 15) is 8.42 Å². The first-order valence-corrected chi connectivity index (χ1v) is 9.25. The van der Waals surface area contributed by atoms with Gasteiger partial charge in [0, 0.05) is 18.5 Å². The Kier molecular flexibility index (Phi) is 4.61. The highest BCUT2D eigenvalue weighted by atomic mass is 35.5. The zero-order valence-electron chi connectivity index (χ0n) is 11.3. The molecular weight excluding hydrogens is 270 g/mol. The molecule has 2 aliphatic rings. The van der Waals surface area contributed by atoms with Gasteiger partial charge >= 0.3 is 0 Å². The number of hydrogen-bond donors (Lipinski definition) is 0. The first-order valence-electron chi connectivity index (χ1n) is 6.97. The lowest BCUT2D eigenvalue weighted by atomic mass is 9.84. The predicted molar refractivity (Wildman–Crippen MR) is 75.3 cm³/mol. The fourth-order valence-corrected chi connectivity index (χ4v) is 4.75. The first-order chi connectivity index (χ1) is 8.38. The van der Waals surface area contributed by atoms with Gasteiger partial charge in [0.25, 0.3) is 0 Å². The molecule has 4 atom stereocenters. The van der Waals surface area contributed by atoms with Crippen LogP contribution >= 0.6 is 11.6 Å². The van der Waals surface area contributed by atoms with Crippen LogP contribution in [0.4, 0.5) is 0 Å². The minimum absolute atomic E-state index is 0.324. The second kappa shape index (κ2) is 5.68. The SMILES string of the molecule is CC1C(Cl)CCC1CC1CCCN(S(C)(=O)=O)C1. The lowest BCUT2D eigenvalue weighted by Crippen LogP contribution is -2.39. The van der Waals surface area contributed by atoms with E-state index in [1.54, 1.807) is 4.31 Å². The van der Waals surface area contributed by atoms with Crippen LogP contribution in [0.2, 0.25) is 0 Å². The highest BCUT2D eigenvalue weighted by molar-refractivity contribution is 7.88. The molecule has 2 rings (SSSR count). The van der Waals surface area contributed by atoms with Crippen molar-refractivity contribution in [3.8, 4) is 0 Å². The van der Waals surface area contributed by atoms with E-state index in [1.807, 2.05) is 0 Å². The van der Waals surface area contributed by atoms with Crippen LogP contribution in [-0.4, -0.2) is 37.4 Å². The molecule has 106 valence electrons. The molecular formula is C13H24ClNO2S. The fraction of sp³-hybridized carbons (Fsp3) is 1.00. The molecule has 18 heavy (non-hydrogen) atoms. The topological polar surface area (TPSA) is 37.4 Å². The summed E-state index contributed by atoms with van der Waals surface area (Å²) >= 11 is 6.27. The van der Waals surface area contributed by atoms with Crippen molar-refractivity contribution in [1.82, 2.24) is 4.31 Å². The molecule has 3 nitrogen and oxygen atoms in total. The van der Waals surface area contributed by atoms with Gasteiger partial charge in [0.15, 0.2) is 0 Å². The number of halogens is 1. The van der Waals surface area contributed by atoms with Gasteiger partial charge in [-0.25, -0.2) is 12.7 Å². The summed E-state index contributed by atoms with van der Waals surface area (Å²) in [6.07, 6.45) is 6.98. The van der Waals surface area contributed by atoms with Crippen molar-refractivity contribution < 1.29 is 8.42 Å². The third-order valence-electron chi connectivity index (χ3n) is 4.71. The van der Waals surface area contributed by atoms with Crippen LogP contribution in [-0.2, 0) is 10.0 Å². The second-order valence-electron chi connectivity index (χ2n) is 6.08. The summed E-state index contributed by atoms with van der Waals surface area (Å²) in [7, 11) is -3.01. The van der Waals surface area contributed by atoms with Crippen molar-refractivity contribution >= 4 is 21.6 Å². The summed E-state index contributed by atoms with van der Waals surface area (Å²) in [6, 6.07) is 0. The molecule has 4 unspecified atom stereocenters. The number of rotatable bonds is 3. The van der Waals surface area contributed by atoms with E-state index in [0.717, 1.165) is 25.8 Å². The maximum atomic E-state index is 11.6. The molecule has 0 bridgehead atoms. The van der Waals surface area contributed by atoms with E-state index >= 15 is 0 Å². The Balaban J connectivity index is 1.90. The highest BCUT2D eigenvalue weighted by Crippen LogP contribution is 2.40. The van der Waals surface area contributed by atoms with Crippen molar-refractivity contribution in [2.24, 2.45) is 17.8 Å². The molecule has 2 fully saturated rings. The summed E-state index contributed by atoms with van der Waals surface area (Å²) in [5.41, 5.74) is 0. The molecule has 0 aromatic carbocycles. The third kappa shape index (κ3) is 3.40. The minimum Gasteiger partial charge on any atom is -0.213 e. The summed E-state index contributed by atoms with van der Waals surface area (Å²) in [5.74, 6) is 1.81. The monoisotopic (exact) mass is 293 g/mol. The number of piperidine rings is 1. The number of nitrogens with zero attached hydrogens (tertiary/aromatic N) is 1. The Morgan fingerprint density at radius 3 is 2.56 bits per heavy atom. The highest BCUT2D eigenvalue weighted by Gasteiger charge is 2.34. The van der Waals surface area contributed by atoms with Crippen molar-refractivity contribution in [3.05, 3.63) is 0 Å². The van der Waals surface area contributed by atoms with Crippen LogP contribution in [0.1, 0.15) is 39.0 Å². The van der Waals surface area contributed by atoms with Crippen molar-refractivity contribution in [1.29, 1.82) is 0 Å². The Hall–Kier alpha value is 0.200. The van der Waals surface area contributed by atoms with Crippen LogP contribution in [0.25, 0.3) is 0 Å². The van der Waals surface area contributed by atoms with Gasteiger partial charge in [0.2, 0.25) is 10.0 Å². The quantitative estimate of drug-likeness (QED) is 0.750. The van der Waals surface area contributed by atoms with Gasteiger partial charge in [-0.2, -0.15) is 0 Å². The van der Waals surface area contributed by atoms with E-state index in [0.29, 0.717) is 29.7 Å². The standard InChI is InChI=1S/C13H24ClNO2S/c1-10-12(5-6-13(10)14)8-11-4-3-7-15(9-11)18(2,16)17/h10-13H,3-9H2,1-2H3. The fourth-order valence-electron chi connectivity index (χ4n) is 3.48. The smallest absolute Gasteiger partial charge is 0.211 e. The van der Waals surface area contributed by atoms with E-state index in [4.69, 9.17) is 11.6 Å². The van der Waals surface area contributed by atoms with Gasteiger partial charge in [-0.3, -0.25) is 0 Å². The molecule has 5 heteroatoms. The molecule has 0 amide bonds. The lowest BCUT2D eigenvalue weighted by Gasteiger charge is -2.33. The predicted octanol–water partition coefficient (Wildman–Crippen LogP) is 2.70. The van der Waals surface area contributed by atoms with Crippen molar-refractivity contribution in [3.63, 3.8) is 0 Å². The molecule has 0 N–H and O–H groups in total. The Labute approximate surface area is 116 Å². The van der Waals surface area contributed by atoms with E-state index in [2.05, 4.69) is 6.92 Å². The molecule has 1 aliphatic carbocycles. The molecule has 1 saturated heterocycles. The third-order valence-corrected chi connectivity index (χ3v) is 6.60. The maximum Gasteiger partial charge on any atom is 0.211 e. The zero-order chi connectivity index (χ0) is 13.3. The summed E-state index contributed by atoms with van der Waals surface area (Å²) in [4.78, 5) is 0. The van der Waals surface area contributed by atoms with Gasteiger partial charge in [-0.1, -0.05) is 6.92 Å². The van der Waals surface area contributed by atoms with Crippen LogP contribution in [0.15, 0.2) is 0 Å². The van der Waals surface area contributed by atoms with Gasteiger partial charge in [0.1, 0.15) is 0 Å². The van der Waals surface area contributed by atoms with E-state index < -0.39 is 10.0 Å².